The number of anilines is 1. The number of hydrogen-bond donors (Lipinski definition) is 2. The number of ether oxygens (including phenoxy) is 2. The van der Waals surface area contributed by atoms with Crippen LogP contribution in [-0.2, 0) is 27.9 Å². The van der Waals surface area contributed by atoms with Crippen LogP contribution in [0.25, 0.3) is 0 Å². The first-order chi connectivity index (χ1) is 15.9. The Morgan fingerprint density at radius 2 is 1.52 bits per heavy atom. The van der Waals surface area contributed by atoms with Crippen molar-refractivity contribution in [1.82, 2.24) is 5.32 Å². The van der Waals surface area contributed by atoms with Gasteiger partial charge in [0.25, 0.3) is 15.9 Å². The smallest absolute Gasteiger partial charge is 0.261 e. The van der Waals surface area contributed by atoms with Crippen LogP contribution in [-0.4, -0.2) is 27.5 Å². The van der Waals surface area contributed by atoms with Crippen LogP contribution in [0.2, 0.25) is 0 Å². The third kappa shape index (κ3) is 6.81. The van der Waals surface area contributed by atoms with E-state index in [1.165, 1.54) is 12.1 Å². The van der Waals surface area contributed by atoms with Gasteiger partial charge in [-0.1, -0.05) is 24.3 Å². The van der Waals surface area contributed by atoms with Crippen molar-refractivity contribution in [3.8, 4) is 5.75 Å². The third-order valence-electron chi connectivity index (χ3n) is 4.86. The molecule has 0 spiro atoms. The minimum absolute atomic E-state index is 0.124. The van der Waals surface area contributed by atoms with Gasteiger partial charge in [0, 0.05) is 24.4 Å². The minimum atomic E-state index is -3.75. The summed E-state index contributed by atoms with van der Waals surface area (Å²) in [6.07, 6.45) is 0. The molecule has 7 nitrogen and oxygen atoms in total. The molecule has 8 heteroatoms. The number of amides is 1. The van der Waals surface area contributed by atoms with Gasteiger partial charge in [0.1, 0.15) is 5.75 Å². The van der Waals surface area contributed by atoms with Gasteiger partial charge >= 0.3 is 0 Å². The van der Waals surface area contributed by atoms with Crippen molar-refractivity contribution in [2.24, 2.45) is 0 Å². The molecular formula is C25H28N2O5S. The van der Waals surface area contributed by atoms with Crippen LogP contribution in [0.3, 0.4) is 0 Å². The highest BCUT2D eigenvalue weighted by molar-refractivity contribution is 7.92. The van der Waals surface area contributed by atoms with E-state index in [4.69, 9.17) is 9.47 Å². The molecule has 0 radical (unpaired) electrons. The second-order valence-corrected chi connectivity index (χ2v) is 8.86. The molecule has 1 amide bonds. The van der Waals surface area contributed by atoms with E-state index < -0.39 is 10.0 Å². The lowest BCUT2D eigenvalue weighted by Crippen LogP contribution is -2.23. The maximum absolute atomic E-state index is 12.6. The molecule has 0 aliphatic rings. The van der Waals surface area contributed by atoms with E-state index in [1.54, 1.807) is 36.4 Å². The summed E-state index contributed by atoms with van der Waals surface area (Å²) in [7, 11) is -3.75. The fourth-order valence-electron chi connectivity index (χ4n) is 3.15. The lowest BCUT2D eigenvalue weighted by Gasteiger charge is -2.12. The van der Waals surface area contributed by atoms with Crippen LogP contribution in [0.4, 0.5) is 5.69 Å². The Bertz CT molecular complexity index is 1160. The Balaban J connectivity index is 1.61. The summed E-state index contributed by atoms with van der Waals surface area (Å²) < 4.78 is 38.6. The fourth-order valence-corrected chi connectivity index (χ4v) is 4.20. The molecule has 0 aromatic heterocycles. The quantitative estimate of drug-likeness (QED) is 0.436. The van der Waals surface area contributed by atoms with Crippen LogP contribution >= 0.6 is 0 Å². The van der Waals surface area contributed by atoms with Crippen molar-refractivity contribution in [3.05, 3.63) is 89.5 Å². The van der Waals surface area contributed by atoms with Crippen LogP contribution < -0.4 is 14.8 Å². The van der Waals surface area contributed by atoms with Gasteiger partial charge in [0.05, 0.1) is 18.1 Å². The number of carbonyl (C=O) groups is 1. The summed E-state index contributed by atoms with van der Waals surface area (Å²) >= 11 is 0. The van der Waals surface area contributed by atoms with Crippen molar-refractivity contribution in [2.75, 3.05) is 17.9 Å². The molecule has 0 saturated carbocycles. The molecule has 0 saturated heterocycles. The lowest BCUT2D eigenvalue weighted by atomic mass is 10.1. The molecular weight excluding hydrogens is 440 g/mol. The van der Waals surface area contributed by atoms with E-state index >= 15 is 0 Å². The Morgan fingerprint density at radius 1 is 0.848 bits per heavy atom. The molecule has 33 heavy (non-hydrogen) atoms. The van der Waals surface area contributed by atoms with Gasteiger partial charge in [0.2, 0.25) is 0 Å². The number of rotatable bonds is 11. The molecule has 2 N–H and O–H groups in total. The molecule has 0 bridgehead atoms. The Kier molecular flexibility index (Phi) is 8.46. The zero-order valence-electron chi connectivity index (χ0n) is 18.7. The molecule has 3 rings (SSSR count). The first-order valence-corrected chi connectivity index (χ1v) is 12.2. The zero-order valence-corrected chi connectivity index (χ0v) is 19.5. The number of nitrogens with one attached hydrogen (secondary N) is 2. The molecule has 0 unspecified atom stereocenters. The highest BCUT2D eigenvalue weighted by Gasteiger charge is 2.15. The van der Waals surface area contributed by atoms with Crippen LogP contribution in [0.15, 0.2) is 77.7 Å². The molecule has 0 fully saturated rings. The van der Waals surface area contributed by atoms with Crippen molar-refractivity contribution in [3.63, 3.8) is 0 Å². The third-order valence-corrected chi connectivity index (χ3v) is 6.26. The topological polar surface area (TPSA) is 93.7 Å². The highest BCUT2D eigenvalue weighted by Crippen LogP contribution is 2.20. The number of carbonyl (C=O) groups excluding carboxylic acids is 1. The van der Waals surface area contributed by atoms with Crippen LogP contribution in [0.5, 0.6) is 5.75 Å². The van der Waals surface area contributed by atoms with E-state index in [0.29, 0.717) is 43.4 Å². The second kappa shape index (κ2) is 11.5. The lowest BCUT2D eigenvalue weighted by molar-refractivity contribution is 0.0950. The number of sulfonamides is 1. The number of hydrogen-bond acceptors (Lipinski definition) is 5. The van der Waals surface area contributed by atoms with Gasteiger partial charge in [-0.05, 0) is 73.5 Å². The largest absolute Gasteiger partial charge is 0.494 e. The maximum atomic E-state index is 12.6. The summed E-state index contributed by atoms with van der Waals surface area (Å²) in [6.45, 7) is 5.78. The molecule has 0 aliphatic carbocycles. The van der Waals surface area contributed by atoms with Gasteiger partial charge in [-0.25, -0.2) is 8.42 Å². The summed E-state index contributed by atoms with van der Waals surface area (Å²) in [5, 5.41) is 2.90. The zero-order chi connectivity index (χ0) is 23.7. The van der Waals surface area contributed by atoms with Gasteiger partial charge in [0.15, 0.2) is 0 Å². The minimum Gasteiger partial charge on any atom is -0.494 e. The van der Waals surface area contributed by atoms with Gasteiger partial charge in [-0.2, -0.15) is 0 Å². The summed E-state index contributed by atoms with van der Waals surface area (Å²) in [5.74, 6) is 0.356. The van der Waals surface area contributed by atoms with Crippen molar-refractivity contribution < 1.29 is 22.7 Å². The standard InChI is InChI=1S/C25H28N2O5S/c1-3-31-18-21-8-6-5-7-20(21)17-26-25(28)19-9-11-22(12-10-19)27-33(29,30)24-15-13-23(14-16-24)32-4-2/h5-16,27H,3-4,17-18H2,1-2H3,(H,26,28). The number of benzene rings is 3. The normalized spacial score (nSPS) is 11.1. The average molecular weight is 469 g/mol. The second-order valence-electron chi connectivity index (χ2n) is 7.18. The van der Waals surface area contributed by atoms with E-state index in [-0.39, 0.29) is 10.8 Å². The monoisotopic (exact) mass is 468 g/mol. The van der Waals surface area contributed by atoms with Crippen LogP contribution in [0, 0.1) is 0 Å². The van der Waals surface area contributed by atoms with Crippen molar-refractivity contribution in [2.45, 2.75) is 31.9 Å². The van der Waals surface area contributed by atoms with Gasteiger partial charge < -0.3 is 14.8 Å². The van der Waals surface area contributed by atoms with E-state index in [2.05, 4.69) is 10.0 Å². The maximum Gasteiger partial charge on any atom is 0.261 e. The Morgan fingerprint density at radius 3 is 2.15 bits per heavy atom. The van der Waals surface area contributed by atoms with Gasteiger partial charge in [-0.15, -0.1) is 0 Å². The molecule has 174 valence electrons. The molecule has 0 atom stereocenters. The molecule has 3 aromatic rings. The predicted octanol–water partition coefficient (Wildman–Crippen LogP) is 4.35. The molecule has 3 aromatic carbocycles. The predicted molar refractivity (Wildman–Crippen MR) is 128 cm³/mol. The van der Waals surface area contributed by atoms with Crippen molar-refractivity contribution >= 4 is 21.6 Å². The highest BCUT2D eigenvalue weighted by atomic mass is 32.2. The molecule has 0 aliphatic heterocycles. The summed E-state index contributed by atoms with van der Waals surface area (Å²) in [4.78, 5) is 12.7. The Labute approximate surface area is 194 Å². The average Bonchev–Trinajstić information content (AvgIpc) is 2.82. The van der Waals surface area contributed by atoms with E-state index in [1.807, 2.05) is 38.1 Å². The Hall–Kier alpha value is -3.36. The summed E-state index contributed by atoms with van der Waals surface area (Å²) in [5.41, 5.74) is 2.81. The van der Waals surface area contributed by atoms with Crippen molar-refractivity contribution in [1.29, 1.82) is 0 Å². The van der Waals surface area contributed by atoms with Gasteiger partial charge in [-0.3, -0.25) is 9.52 Å². The van der Waals surface area contributed by atoms with E-state index in [0.717, 1.165) is 11.1 Å². The van der Waals surface area contributed by atoms with Crippen LogP contribution in [0.1, 0.15) is 35.3 Å². The summed E-state index contributed by atoms with van der Waals surface area (Å²) in [6, 6.07) is 20.3. The first-order valence-electron chi connectivity index (χ1n) is 10.7. The van der Waals surface area contributed by atoms with E-state index in [9.17, 15) is 13.2 Å². The SMILES string of the molecule is CCOCc1ccccc1CNC(=O)c1ccc(NS(=O)(=O)c2ccc(OCC)cc2)cc1. The molecule has 0 heterocycles. The first kappa shape index (κ1) is 24.3. The fraction of sp³-hybridized carbons (Fsp3) is 0.240.